The van der Waals surface area contributed by atoms with Crippen LogP contribution < -0.4 is 15.8 Å². The predicted molar refractivity (Wildman–Crippen MR) is 78.8 cm³/mol. The number of carbonyl (C=O) groups excluding carboxylic acids is 1. The van der Waals surface area contributed by atoms with Gasteiger partial charge in [-0.15, -0.1) is 0 Å². The number of ether oxygens (including phenoxy) is 1. The highest BCUT2D eigenvalue weighted by atomic mass is 16.5. The number of amides is 1. The van der Waals surface area contributed by atoms with E-state index in [1.54, 1.807) is 12.1 Å². The zero-order valence-corrected chi connectivity index (χ0v) is 11.7. The fraction of sp³-hybridized carbons (Fsp3) is 0.267. The van der Waals surface area contributed by atoms with Crippen LogP contribution in [0.4, 0.5) is 5.69 Å². The van der Waals surface area contributed by atoms with Gasteiger partial charge >= 0.3 is 0 Å². The van der Waals surface area contributed by atoms with E-state index in [1.165, 1.54) is 0 Å². The summed E-state index contributed by atoms with van der Waals surface area (Å²) in [6.07, 6.45) is 0. The van der Waals surface area contributed by atoms with E-state index in [0.717, 1.165) is 5.69 Å². The van der Waals surface area contributed by atoms with Crippen LogP contribution in [0.25, 0.3) is 0 Å². The van der Waals surface area contributed by atoms with Gasteiger partial charge in [-0.1, -0.05) is 6.07 Å². The number of hydrogen-bond acceptors (Lipinski definition) is 3. The number of nitrogens with zero attached hydrogens (tertiary/aromatic N) is 1. The van der Waals surface area contributed by atoms with E-state index in [1.807, 2.05) is 42.8 Å². The fourth-order valence-electron chi connectivity index (χ4n) is 1.87. The molecule has 5 heteroatoms. The first-order valence-corrected chi connectivity index (χ1v) is 6.47. The van der Waals surface area contributed by atoms with Crippen LogP contribution in [0.5, 0.6) is 5.75 Å². The highest BCUT2D eigenvalue weighted by molar-refractivity contribution is 5.92. The molecule has 1 heterocycles. The second kappa shape index (κ2) is 6.14. The number of carbonyl (C=O) groups is 1. The molecule has 0 radical (unpaired) electrons. The number of benzene rings is 1. The summed E-state index contributed by atoms with van der Waals surface area (Å²) in [4.78, 5) is 11.9. The Bertz CT molecular complexity index is 605. The summed E-state index contributed by atoms with van der Waals surface area (Å²) < 4.78 is 7.36. The molecule has 0 saturated heterocycles. The molecule has 2 aromatic rings. The quantitative estimate of drug-likeness (QED) is 0.644. The minimum Gasteiger partial charge on any atom is -0.492 e. The molecule has 0 spiro atoms. The molecule has 106 valence electrons. The summed E-state index contributed by atoms with van der Waals surface area (Å²) in [5.41, 5.74) is 8.00. The van der Waals surface area contributed by atoms with Crippen LogP contribution in [0.2, 0.25) is 0 Å². The van der Waals surface area contributed by atoms with Crippen LogP contribution >= 0.6 is 0 Å². The summed E-state index contributed by atoms with van der Waals surface area (Å²) in [6, 6.07) is 10.9. The van der Waals surface area contributed by atoms with Gasteiger partial charge in [0.15, 0.2) is 0 Å². The molecular formula is C15H19N3O2. The van der Waals surface area contributed by atoms with Crippen molar-refractivity contribution in [2.75, 3.05) is 18.9 Å². The van der Waals surface area contributed by atoms with Gasteiger partial charge in [-0.25, -0.2) is 0 Å². The molecular weight excluding hydrogens is 254 g/mol. The topological polar surface area (TPSA) is 69.3 Å². The summed E-state index contributed by atoms with van der Waals surface area (Å²) >= 11 is 0. The van der Waals surface area contributed by atoms with Crippen molar-refractivity contribution >= 4 is 11.6 Å². The highest BCUT2D eigenvalue weighted by Gasteiger charge is 2.09. The maximum absolute atomic E-state index is 11.9. The monoisotopic (exact) mass is 273 g/mol. The Kier molecular flexibility index (Phi) is 4.30. The highest BCUT2D eigenvalue weighted by Crippen LogP contribution is 2.13. The number of hydrogen-bond donors (Lipinski definition) is 2. The van der Waals surface area contributed by atoms with Crippen LogP contribution in [-0.2, 0) is 7.05 Å². The standard InChI is InChI=1S/C15H19N3O2/c1-11-6-7-14(18(11)2)15(19)17-8-9-20-13-5-3-4-12(16)10-13/h3-7,10H,8-9,16H2,1-2H3,(H,17,19). The van der Waals surface area contributed by atoms with Gasteiger partial charge in [0, 0.05) is 24.5 Å². The van der Waals surface area contributed by atoms with E-state index in [0.29, 0.717) is 30.3 Å². The van der Waals surface area contributed by atoms with Gasteiger partial charge in [0.2, 0.25) is 0 Å². The molecule has 0 unspecified atom stereocenters. The minimum atomic E-state index is -0.100. The molecule has 3 N–H and O–H groups in total. The minimum absolute atomic E-state index is 0.100. The predicted octanol–water partition coefficient (Wildman–Crippen LogP) is 1.72. The summed E-state index contributed by atoms with van der Waals surface area (Å²) in [7, 11) is 1.87. The Hall–Kier alpha value is -2.43. The van der Waals surface area contributed by atoms with E-state index in [-0.39, 0.29) is 5.91 Å². The maximum atomic E-state index is 11.9. The van der Waals surface area contributed by atoms with Crippen molar-refractivity contribution in [3.05, 3.63) is 47.8 Å². The lowest BCUT2D eigenvalue weighted by molar-refractivity contribution is 0.0938. The van der Waals surface area contributed by atoms with Crippen LogP contribution in [0.15, 0.2) is 36.4 Å². The third kappa shape index (κ3) is 3.32. The fourth-order valence-corrected chi connectivity index (χ4v) is 1.87. The smallest absolute Gasteiger partial charge is 0.268 e. The first-order chi connectivity index (χ1) is 9.58. The van der Waals surface area contributed by atoms with Crippen molar-refractivity contribution in [2.24, 2.45) is 7.05 Å². The second-order valence-electron chi connectivity index (χ2n) is 4.60. The number of nitrogen functional groups attached to an aromatic ring is 1. The Morgan fingerprint density at radius 1 is 1.35 bits per heavy atom. The molecule has 1 amide bonds. The zero-order valence-electron chi connectivity index (χ0n) is 11.7. The third-order valence-corrected chi connectivity index (χ3v) is 3.12. The Morgan fingerprint density at radius 2 is 2.15 bits per heavy atom. The lowest BCUT2D eigenvalue weighted by Crippen LogP contribution is -2.29. The third-order valence-electron chi connectivity index (χ3n) is 3.12. The molecule has 0 saturated carbocycles. The molecule has 0 aliphatic heterocycles. The van der Waals surface area contributed by atoms with Gasteiger partial charge in [-0.2, -0.15) is 0 Å². The Labute approximate surface area is 118 Å². The van der Waals surface area contributed by atoms with Crippen LogP contribution in [0.1, 0.15) is 16.2 Å². The van der Waals surface area contributed by atoms with Crippen molar-refractivity contribution in [3.8, 4) is 5.75 Å². The number of nitrogens with one attached hydrogen (secondary N) is 1. The van der Waals surface area contributed by atoms with Crippen molar-refractivity contribution in [3.63, 3.8) is 0 Å². The van der Waals surface area contributed by atoms with Gasteiger partial charge < -0.3 is 20.4 Å². The van der Waals surface area contributed by atoms with Crippen molar-refractivity contribution in [1.29, 1.82) is 0 Å². The van der Waals surface area contributed by atoms with E-state index in [9.17, 15) is 4.79 Å². The first kappa shape index (κ1) is 14.0. The molecule has 2 rings (SSSR count). The van der Waals surface area contributed by atoms with Gasteiger partial charge in [-0.05, 0) is 31.2 Å². The van der Waals surface area contributed by atoms with Crippen molar-refractivity contribution in [1.82, 2.24) is 9.88 Å². The average Bonchev–Trinajstić information content (AvgIpc) is 2.75. The molecule has 20 heavy (non-hydrogen) atoms. The largest absolute Gasteiger partial charge is 0.492 e. The van der Waals surface area contributed by atoms with Gasteiger partial charge in [-0.3, -0.25) is 4.79 Å². The summed E-state index contributed by atoms with van der Waals surface area (Å²) in [5, 5.41) is 2.82. The number of rotatable bonds is 5. The Morgan fingerprint density at radius 3 is 2.80 bits per heavy atom. The summed E-state index contributed by atoms with van der Waals surface area (Å²) in [6.45, 7) is 2.80. The van der Waals surface area contributed by atoms with Gasteiger partial charge in [0.05, 0.1) is 6.54 Å². The number of aryl methyl sites for hydroxylation is 1. The zero-order chi connectivity index (χ0) is 14.5. The maximum Gasteiger partial charge on any atom is 0.268 e. The SMILES string of the molecule is Cc1ccc(C(=O)NCCOc2cccc(N)c2)n1C. The van der Waals surface area contributed by atoms with Crippen LogP contribution in [0.3, 0.4) is 0 Å². The lowest BCUT2D eigenvalue weighted by atomic mass is 10.3. The van der Waals surface area contributed by atoms with Crippen LogP contribution in [0, 0.1) is 6.92 Å². The van der Waals surface area contributed by atoms with Crippen LogP contribution in [-0.4, -0.2) is 23.6 Å². The summed E-state index contributed by atoms with van der Waals surface area (Å²) in [5.74, 6) is 0.603. The second-order valence-corrected chi connectivity index (χ2v) is 4.60. The first-order valence-electron chi connectivity index (χ1n) is 6.47. The van der Waals surface area contributed by atoms with Crippen molar-refractivity contribution < 1.29 is 9.53 Å². The number of nitrogens with two attached hydrogens (primary N) is 1. The van der Waals surface area contributed by atoms with E-state index < -0.39 is 0 Å². The van der Waals surface area contributed by atoms with Crippen molar-refractivity contribution in [2.45, 2.75) is 6.92 Å². The average molecular weight is 273 g/mol. The number of anilines is 1. The molecule has 1 aromatic heterocycles. The van der Waals surface area contributed by atoms with Gasteiger partial charge in [0.25, 0.3) is 5.91 Å². The van der Waals surface area contributed by atoms with E-state index in [2.05, 4.69) is 5.32 Å². The molecule has 0 aliphatic rings. The molecule has 0 fully saturated rings. The molecule has 0 atom stereocenters. The molecule has 0 bridgehead atoms. The normalized spacial score (nSPS) is 10.3. The van der Waals surface area contributed by atoms with E-state index >= 15 is 0 Å². The molecule has 5 nitrogen and oxygen atoms in total. The molecule has 1 aromatic carbocycles. The van der Waals surface area contributed by atoms with Gasteiger partial charge in [0.1, 0.15) is 18.1 Å². The molecule has 0 aliphatic carbocycles. The Balaban J connectivity index is 1.79. The number of aromatic nitrogens is 1. The van der Waals surface area contributed by atoms with E-state index in [4.69, 9.17) is 10.5 Å². The lowest BCUT2D eigenvalue weighted by Gasteiger charge is -2.09.